The van der Waals surface area contributed by atoms with E-state index in [4.69, 9.17) is 14.2 Å². The third kappa shape index (κ3) is 7.97. The van der Waals surface area contributed by atoms with Gasteiger partial charge in [0.1, 0.15) is 18.1 Å². The Morgan fingerprint density at radius 1 is 1.33 bits per heavy atom. The van der Waals surface area contributed by atoms with E-state index >= 15 is 0 Å². The molecule has 5 heteroatoms. The van der Waals surface area contributed by atoms with Crippen molar-refractivity contribution in [2.75, 3.05) is 20.5 Å². The molecule has 0 saturated heterocycles. The van der Waals surface area contributed by atoms with Crippen LogP contribution >= 0.6 is 0 Å². The van der Waals surface area contributed by atoms with Gasteiger partial charge in [-0.1, -0.05) is 36.8 Å². The summed E-state index contributed by atoms with van der Waals surface area (Å²) < 4.78 is 16.2. The molecule has 1 rings (SSSR count). The number of rotatable bonds is 12. The Bertz CT molecular complexity index is 632. The Kier molecular flexibility index (Phi) is 10.5. The number of allylic oxidation sites excluding steroid dienone is 3. The lowest BCUT2D eigenvalue weighted by atomic mass is 9.97. The molecule has 1 aromatic rings. The molecule has 0 radical (unpaired) electrons. The number of benzene rings is 1. The van der Waals surface area contributed by atoms with Gasteiger partial charge in [-0.05, 0) is 44.2 Å². The highest BCUT2D eigenvalue weighted by molar-refractivity contribution is 5.94. The highest BCUT2D eigenvalue weighted by atomic mass is 16.7. The number of phenols is 1. The van der Waals surface area contributed by atoms with Gasteiger partial charge in [0.15, 0.2) is 0 Å². The zero-order valence-corrected chi connectivity index (χ0v) is 16.9. The molecule has 0 bridgehead atoms. The van der Waals surface area contributed by atoms with Crippen molar-refractivity contribution in [3.63, 3.8) is 0 Å². The summed E-state index contributed by atoms with van der Waals surface area (Å²) in [6.45, 7) is 10.3. The lowest BCUT2D eigenvalue weighted by molar-refractivity contribution is -0.0950. The molecular formula is C22H32O5. The molecule has 0 unspecified atom stereocenters. The number of carbonyl (C=O) groups is 1. The number of methoxy groups -OCH3 is 1. The molecule has 27 heavy (non-hydrogen) atoms. The van der Waals surface area contributed by atoms with E-state index in [9.17, 15) is 9.90 Å². The molecule has 0 aliphatic carbocycles. The number of carbonyl (C=O) groups excluding carboxylic acids is 1. The van der Waals surface area contributed by atoms with Crippen molar-refractivity contribution in [3.8, 4) is 5.75 Å². The monoisotopic (exact) mass is 376 g/mol. The highest BCUT2D eigenvalue weighted by Crippen LogP contribution is 2.23. The first-order valence-electron chi connectivity index (χ1n) is 9.23. The quantitative estimate of drug-likeness (QED) is 0.327. The molecule has 1 N–H and O–H groups in total. The second-order valence-corrected chi connectivity index (χ2v) is 6.83. The second-order valence-electron chi connectivity index (χ2n) is 6.83. The van der Waals surface area contributed by atoms with E-state index in [2.05, 4.69) is 33.4 Å². The fourth-order valence-corrected chi connectivity index (χ4v) is 2.75. The van der Waals surface area contributed by atoms with Crippen LogP contribution in [0.1, 0.15) is 49.5 Å². The van der Waals surface area contributed by atoms with Crippen molar-refractivity contribution in [1.29, 1.82) is 0 Å². The minimum atomic E-state index is -0.535. The minimum absolute atomic E-state index is 0.0801. The maximum atomic E-state index is 12.5. The first kappa shape index (κ1) is 22.9. The van der Waals surface area contributed by atoms with Crippen LogP contribution < -0.4 is 0 Å². The SMILES string of the molecule is C=CCc1cccc(O)c1C(=O)OCC[C@H](OCOC)[C@H](C)CC=C(C)C. The van der Waals surface area contributed by atoms with Crippen LogP contribution in [0.4, 0.5) is 0 Å². The molecule has 1 aromatic carbocycles. The molecule has 0 amide bonds. The highest BCUT2D eigenvalue weighted by Gasteiger charge is 2.20. The molecule has 0 spiro atoms. The summed E-state index contributed by atoms with van der Waals surface area (Å²) in [6, 6.07) is 4.96. The molecule has 0 saturated carbocycles. The number of ether oxygens (including phenoxy) is 3. The van der Waals surface area contributed by atoms with E-state index in [1.165, 1.54) is 11.6 Å². The van der Waals surface area contributed by atoms with Gasteiger partial charge in [-0.15, -0.1) is 6.58 Å². The van der Waals surface area contributed by atoms with Gasteiger partial charge in [0.05, 0.1) is 12.7 Å². The van der Waals surface area contributed by atoms with Gasteiger partial charge in [0, 0.05) is 13.5 Å². The maximum Gasteiger partial charge on any atom is 0.342 e. The van der Waals surface area contributed by atoms with Crippen LogP contribution in [-0.2, 0) is 20.6 Å². The minimum Gasteiger partial charge on any atom is -0.507 e. The third-order valence-corrected chi connectivity index (χ3v) is 4.27. The summed E-state index contributed by atoms with van der Waals surface area (Å²) in [7, 11) is 1.58. The summed E-state index contributed by atoms with van der Waals surface area (Å²) in [5, 5.41) is 10.0. The molecule has 0 fully saturated rings. The summed E-state index contributed by atoms with van der Waals surface area (Å²) in [5.41, 5.74) is 2.15. The average molecular weight is 376 g/mol. The third-order valence-electron chi connectivity index (χ3n) is 4.27. The number of hydrogen-bond acceptors (Lipinski definition) is 5. The Morgan fingerprint density at radius 2 is 2.07 bits per heavy atom. The summed E-state index contributed by atoms with van der Waals surface area (Å²) in [4.78, 5) is 12.5. The second kappa shape index (κ2) is 12.3. The molecule has 0 heterocycles. The van der Waals surface area contributed by atoms with Crippen LogP contribution in [0.15, 0.2) is 42.5 Å². The van der Waals surface area contributed by atoms with Gasteiger partial charge >= 0.3 is 5.97 Å². The summed E-state index contributed by atoms with van der Waals surface area (Å²) in [6.07, 6.45) is 5.68. The van der Waals surface area contributed by atoms with Crippen LogP contribution in [0, 0.1) is 5.92 Å². The molecule has 2 atom stereocenters. The fourth-order valence-electron chi connectivity index (χ4n) is 2.75. The number of aromatic hydroxyl groups is 1. The molecule has 150 valence electrons. The van der Waals surface area contributed by atoms with Gasteiger partial charge in [-0.3, -0.25) is 0 Å². The van der Waals surface area contributed by atoms with Crippen LogP contribution in [0.25, 0.3) is 0 Å². The molecule has 0 aliphatic rings. The fraction of sp³-hybridized carbons (Fsp3) is 0.500. The zero-order chi connectivity index (χ0) is 20.2. The topological polar surface area (TPSA) is 65.0 Å². The van der Waals surface area contributed by atoms with E-state index in [0.29, 0.717) is 18.4 Å². The van der Waals surface area contributed by atoms with Crippen molar-refractivity contribution in [3.05, 3.63) is 53.6 Å². The van der Waals surface area contributed by atoms with Crippen molar-refractivity contribution in [2.24, 2.45) is 5.92 Å². The molecule has 5 nitrogen and oxygen atoms in total. The maximum absolute atomic E-state index is 12.5. The Labute approximate surface area is 162 Å². The van der Waals surface area contributed by atoms with Gasteiger partial charge in [0.25, 0.3) is 0 Å². The van der Waals surface area contributed by atoms with E-state index in [-0.39, 0.29) is 36.7 Å². The van der Waals surface area contributed by atoms with Crippen molar-refractivity contribution >= 4 is 5.97 Å². The lowest BCUT2D eigenvalue weighted by Crippen LogP contribution is -2.25. The molecular weight excluding hydrogens is 344 g/mol. The van der Waals surface area contributed by atoms with Crippen molar-refractivity contribution in [2.45, 2.75) is 46.1 Å². The van der Waals surface area contributed by atoms with Crippen LogP contribution in [-0.4, -0.2) is 37.7 Å². The average Bonchev–Trinajstić information content (AvgIpc) is 2.62. The smallest absolute Gasteiger partial charge is 0.342 e. The predicted molar refractivity (Wildman–Crippen MR) is 107 cm³/mol. The van der Waals surface area contributed by atoms with Crippen LogP contribution in [0.2, 0.25) is 0 Å². The summed E-state index contributed by atoms with van der Waals surface area (Å²) in [5.74, 6) is -0.356. The number of hydrogen-bond donors (Lipinski definition) is 1. The predicted octanol–water partition coefficient (Wildman–Crippen LogP) is 4.65. The Morgan fingerprint density at radius 3 is 2.70 bits per heavy atom. The van der Waals surface area contributed by atoms with Crippen molar-refractivity contribution < 1.29 is 24.1 Å². The van der Waals surface area contributed by atoms with E-state index in [1.807, 2.05) is 0 Å². The largest absolute Gasteiger partial charge is 0.507 e. The Balaban J connectivity index is 2.70. The van der Waals surface area contributed by atoms with E-state index in [0.717, 1.165) is 6.42 Å². The van der Waals surface area contributed by atoms with Gasteiger partial charge < -0.3 is 19.3 Å². The van der Waals surface area contributed by atoms with Gasteiger partial charge in [-0.2, -0.15) is 0 Å². The lowest BCUT2D eigenvalue weighted by Gasteiger charge is -2.23. The first-order valence-corrected chi connectivity index (χ1v) is 9.23. The normalized spacial score (nSPS) is 12.9. The van der Waals surface area contributed by atoms with Gasteiger partial charge in [-0.25, -0.2) is 4.79 Å². The van der Waals surface area contributed by atoms with Gasteiger partial charge in [0.2, 0.25) is 0 Å². The molecule has 0 aliphatic heterocycles. The van der Waals surface area contributed by atoms with Crippen molar-refractivity contribution in [1.82, 2.24) is 0 Å². The van der Waals surface area contributed by atoms with E-state index < -0.39 is 5.97 Å². The van der Waals surface area contributed by atoms with Crippen LogP contribution in [0.5, 0.6) is 5.75 Å². The van der Waals surface area contributed by atoms with E-state index in [1.54, 1.807) is 25.3 Å². The summed E-state index contributed by atoms with van der Waals surface area (Å²) >= 11 is 0. The number of phenolic OH excluding ortho intramolecular Hbond substituents is 1. The zero-order valence-electron chi connectivity index (χ0n) is 16.9. The first-order chi connectivity index (χ1) is 12.9. The Hall–Kier alpha value is -2.11. The standard InChI is InChI=1S/C22H32O5/c1-6-8-18-9-7-10-19(23)21(18)22(24)26-14-13-20(27-15-25-5)17(4)12-11-16(2)3/h6-7,9-11,17,20,23H,1,8,12-15H2,2-5H3/t17-,20+/m1/s1. The molecule has 0 aromatic heterocycles. The van der Waals surface area contributed by atoms with Crippen LogP contribution in [0.3, 0.4) is 0 Å². The number of esters is 1.